The molecule has 2 heterocycles. The smallest absolute Gasteiger partial charge is 0.312 e. The van der Waals surface area contributed by atoms with E-state index in [-0.39, 0.29) is 38.6 Å². The highest BCUT2D eigenvalue weighted by Crippen LogP contribution is 2.78. The van der Waals surface area contributed by atoms with Crippen LogP contribution in [-0.4, -0.2) is 34.0 Å². The molecule has 7 aliphatic rings. The van der Waals surface area contributed by atoms with Crippen molar-refractivity contribution in [2.24, 2.45) is 56.7 Å². The lowest BCUT2D eigenvalue weighted by atomic mass is 9.30. The van der Waals surface area contributed by atoms with Crippen LogP contribution in [0.5, 0.6) is 0 Å². The number of ether oxygens (including phenoxy) is 1. The third kappa shape index (κ3) is 2.42. The van der Waals surface area contributed by atoms with Crippen LogP contribution < -0.4 is 0 Å². The molecule has 0 amide bonds. The van der Waals surface area contributed by atoms with Crippen molar-refractivity contribution in [3.05, 3.63) is 0 Å². The zero-order chi connectivity index (χ0) is 24.7. The summed E-state index contributed by atoms with van der Waals surface area (Å²) in [6.07, 6.45) is 8.30. The van der Waals surface area contributed by atoms with Crippen LogP contribution in [-0.2, 0) is 9.53 Å². The van der Waals surface area contributed by atoms with Gasteiger partial charge in [0.25, 0.3) is 0 Å². The van der Waals surface area contributed by atoms with Gasteiger partial charge in [-0.25, -0.2) is 0 Å². The Morgan fingerprint density at radius 1 is 0.824 bits per heavy atom. The number of carbonyl (C=O) groups excluding carboxylic acids is 1. The molecule has 2 N–H and O–H groups in total. The van der Waals surface area contributed by atoms with Crippen molar-refractivity contribution >= 4 is 5.97 Å². The van der Waals surface area contributed by atoms with Gasteiger partial charge in [0.15, 0.2) is 0 Å². The summed E-state index contributed by atoms with van der Waals surface area (Å²) in [5, 5.41) is 21.9. The average Bonchev–Trinajstić information content (AvgIpc) is 2.74. The van der Waals surface area contributed by atoms with Gasteiger partial charge in [-0.15, -0.1) is 0 Å². The first-order valence-corrected chi connectivity index (χ1v) is 14.3. The minimum absolute atomic E-state index is 0.0420. The number of rotatable bonds is 0. The standard InChI is InChI=1S/C30H48O4/c1-17-22-18-8-9-21-26(4)16-19(31)23(32)25(2,3)20(26)10-11-28(21,6)27(18,5)12-14-30(22)15-13-29(17,7)34-24(30)33/h17-23,31-32H,8-16H2,1-7H3/t17-,18-,19+,20-,21+,22-,23-,26-,27+,28+,29-,30+/m0/s1. The van der Waals surface area contributed by atoms with E-state index in [9.17, 15) is 15.0 Å². The summed E-state index contributed by atoms with van der Waals surface area (Å²) in [7, 11) is 0. The van der Waals surface area contributed by atoms with E-state index in [1.54, 1.807) is 0 Å². The quantitative estimate of drug-likeness (QED) is 0.442. The topological polar surface area (TPSA) is 66.8 Å². The van der Waals surface area contributed by atoms with E-state index in [2.05, 4.69) is 48.5 Å². The molecule has 0 aromatic rings. The van der Waals surface area contributed by atoms with E-state index in [1.165, 1.54) is 19.3 Å². The van der Waals surface area contributed by atoms with Crippen molar-refractivity contribution < 1.29 is 19.7 Å². The maximum absolute atomic E-state index is 13.4. The monoisotopic (exact) mass is 472 g/mol. The van der Waals surface area contributed by atoms with Gasteiger partial charge in [0.05, 0.1) is 17.6 Å². The number of esters is 1. The second-order valence-electron chi connectivity index (χ2n) is 15.4. The number of hydrogen-bond donors (Lipinski definition) is 2. The Bertz CT molecular complexity index is 913. The zero-order valence-corrected chi connectivity index (χ0v) is 22.6. The van der Waals surface area contributed by atoms with E-state index >= 15 is 0 Å². The molecule has 5 saturated carbocycles. The number of carbonyl (C=O) groups is 1. The summed E-state index contributed by atoms with van der Waals surface area (Å²) in [6, 6.07) is 0. The van der Waals surface area contributed by atoms with Crippen molar-refractivity contribution in [2.75, 3.05) is 0 Å². The summed E-state index contributed by atoms with van der Waals surface area (Å²) in [5.74, 6) is 2.52. The average molecular weight is 473 g/mol. The molecule has 5 aliphatic carbocycles. The highest BCUT2D eigenvalue weighted by Gasteiger charge is 2.74. The maximum atomic E-state index is 13.4. The Morgan fingerprint density at radius 3 is 2.18 bits per heavy atom. The minimum Gasteiger partial charge on any atom is -0.459 e. The molecule has 0 radical (unpaired) electrons. The number of fused-ring (bicyclic) bond motifs is 7. The summed E-state index contributed by atoms with van der Waals surface area (Å²) in [4.78, 5) is 13.4. The van der Waals surface area contributed by atoms with Crippen LogP contribution in [0.4, 0.5) is 0 Å². The van der Waals surface area contributed by atoms with Crippen molar-refractivity contribution in [1.29, 1.82) is 0 Å². The summed E-state index contributed by atoms with van der Waals surface area (Å²) in [5.41, 5.74) is -0.372. The maximum Gasteiger partial charge on any atom is 0.312 e. The van der Waals surface area contributed by atoms with E-state index < -0.39 is 12.2 Å². The molecule has 0 aromatic carbocycles. The predicted molar refractivity (Wildman–Crippen MR) is 132 cm³/mol. The minimum atomic E-state index is -0.637. The van der Waals surface area contributed by atoms with E-state index in [0.29, 0.717) is 29.6 Å². The fraction of sp³-hybridized carbons (Fsp3) is 0.967. The van der Waals surface area contributed by atoms with Crippen molar-refractivity contribution in [3.63, 3.8) is 0 Å². The van der Waals surface area contributed by atoms with Gasteiger partial charge in [-0.1, -0.05) is 41.5 Å². The molecule has 7 rings (SSSR count). The van der Waals surface area contributed by atoms with E-state index in [4.69, 9.17) is 4.74 Å². The van der Waals surface area contributed by atoms with Gasteiger partial charge in [-0.05, 0) is 116 Å². The summed E-state index contributed by atoms with van der Waals surface area (Å²) >= 11 is 0. The van der Waals surface area contributed by atoms with Crippen LogP contribution >= 0.6 is 0 Å². The van der Waals surface area contributed by atoms with Gasteiger partial charge >= 0.3 is 5.97 Å². The fourth-order valence-corrected chi connectivity index (χ4v) is 12.2. The Hall–Kier alpha value is -0.610. The van der Waals surface area contributed by atoms with Crippen LogP contribution in [0.15, 0.2) is 0 Å². The molecule has 2 bridgehead atoms. The molecule has 2 saturated heterocycles. The first-order valence-electron chi connectivity index (χ1n) is 14.3. The molecular formula is C30H48O4. The predicted octanol–water partition coefficient (Wildman–Crippen LogP) is 5.74. The Labute approximate surface area is 206 Å². The first kappa shape index (κ1) is 23.8. The second-order valence-corrected chi connectivity index (χ2v) is 15.4. The molecule has 0 aromatic heterocycles. The lowest BCUT2D eigenvalue weighted by Crippen LogP contribution is -2.72. The molecule has 1 spiro atoms. The Kier molecular flexibility index (Phi) is 4.63. The van der Waals surface area contributed by atoms with E-state index in [1.807, 2.05) is 0 Å². The lowest BCUT2D eigenvalue weighted by molar-refractivity contribution is -0.294. The lowest BCUT2D eigenvalue weighted by Gasteiger charge is -2.75. The molecule has 2 aliphatic heterocycles. The second kappa shape index (κ2) is 6.63. The molecule has 4 nitrogen and oxygen atoms in total. The third-order valence-electron chi connectivity index (χ3n) is 14.3. The van der Waals surface area contributed by atoms with Gasteiger partial charge < -0.3 is 14.9 Å². The van der Waals surface area contributed by atoms with Gasteiger partial charge in [-0.2, -0.15) is 0 Å². The molecule has 0 unspecified atom stereocenters. The summed E-state index contributed by atoms with van der Waals surface area (Å²) in [6.45, 7) is 16.6. The van der Waals surface area contributed by atoms with Gasteiger partial charge in [0.1, 0.15) is 5.60 Å². The van der Waals surface area contributed by atoms with Crippen LogP contribution in [0, 0.1) is 56.7 Å². The Balaban J connectivity index is 1.41. The van der Waals surface area contributed by atoms with Gasteiger partial charge in [-0.3, -0.25) is 4.79 Å². The van der Waals surface area contributed by atoms with Crippen molar-refractivity contribution in [1.82, 2.24) is 0 Å². The SMILES string of the molecule is C[C@H]1[C@H]2[C@@H]3CC[C@@H]4[C@@]5(C)C[C@@H](O)[C@H](O)C(C)(C)[C@@H]5CC[C@@]4(C)[C@]3(C)CC[C@@]23CC[C@]1(C)OC3=O. The molecule has 192 valence electrons. The number of aliphatic hydroxyl groups is 2. The third-order valence-corrected chi connectivity index (χ3v) is 14.3. The zero-order valence-electron chi connectivity index (χ0n) is 22.6. The number of hydrogen-bond acceptors (Lipinski definition) is 4. The van der Waals surface area contributed by atoms with Gasteiger partial charge in [0, 0.05) is 0 Å². The molecule has 12 atom stereocenters. The van der Waals surface area contributed by atoms with Gasteiger partial charge in [0.2, 0.25) is 0 Å². The summed E-state index contributed by atoms with van der Waals surface area (Å²) < 4.78 is 6.13. The highest BCUT2D eigenvalue weighted by atomic mass is 16.6. The number of aliphatic hydroxyl groups excluding tert-OH is 2. The molecule has 34 heavy (non-hydrogen) atoms. The van der Waals surface area contributed by atoms with Crippen molar-refractivity contribution in [3.8, 4) is 0 Å². The highest BCUT2D eigenvalue weighted by molar-refractivity contribution is 5.80. The van der Waals surface area contributed by atoms with Crippen molar-refractivity contribution in [2.45, 2.75) is 124 Å². The molecular weight excluding hydrogens is 424 g/mol. The van der Waals surface area contributed by atoms with E-state index in [0.717, 1.165) is 38.5 Å². The van der Waals surface area contributed by atoms with Crippen LogP contribution in [0.25, 0.3) is 0 Å². The van der Waals surface area contributed by atoms with Crippen LogP contribution in [0.2, 0.25) is 0 Å². The molecule has 4 heteroatoms. The Morgan fingerprint density at radius 2 is 1.50 bits per heavy atom. The first-order chi connectivity index (χ1) is 15.7. The largest absolute Gasteiger partial charge is 0.459 e. The fourth-order valence-electron chi connectivity index (χ4n) is 12.2. The normalized spacial score (nSPS) is 62.0. The van der Waals surface area contributed by atoms with Crippen LogP contribution in [0.3, 0.4) is 0 Å². The van der Waals surface area contributed by atoms with Crippen LogP contribution in [0.1, 0.15) is 106 Å². The molecule has 7 fully saturated rings.